The highest BCUT2D eigenvalue weighted by atomic mass is 31.0. The maximum atomic E-state index is 7.00. The lowest BCUT2D eigenvalue weighted by Gasteiger charge is -2.76. The van der Waals surface area contributed by atoms with Gasteiger partial charge in [0.05, 0.1) is 33.2 Å². The van der Waals surface area contributed by atoms with Crippen LogP contribution in [0.4, 0.5) is 0 Å². The van der Waals surface area contributed by atoms with E-state index in [2.05, 4.69) is 98.1 Å². The van der Waals surface area contributed by atoms with Crippen molar-refractivity contribution in [1.82, 2.24) is 0 Å². The van der Waals surface area contributed by atoms with E-state index in [1.54, 1.807) is 0 Å². The molecule has 8 aliphatic heterocycles. The van der Waals surface area contributed by atoms with Crippen LogP contribution in [0, 0.1) is 0 Å². The maximum absolute atomic E-state index is 7.00. The van der Waals surface area contributed by atoms with Crippen molar-refractivity contribution >= 4 is 18.5 Å². The first kappa shape index (κ1) is 26.7. The first-order chi connectivity index (χ1) is 17.4. The molecule has 10 atom stereocenters. The first-order valence-electron chi connectivity index (χ1n) is 14.1. The molecule has 0 aromatic heterocycles. The first-order valence-corrected chi connectivity index (χ1v) is 15.8. The minimum Gasteiger partial charge on any atom is -0.343 e. The molecule has 1 aromatic rings. The van der Waals surface area contributed by atoms with Gasteiger partial charge < -0.3 is 28.4 Å². The Balaban J connectivity index is 1.50. The number of rotatable bonds is 4. The van der Waals surface area contributed by atoms with Crippen molar-refractivity contribution in [2.24, 2.45) is 0 Å². The highest BCUT2D eigenvalue weighted by Gasteiger charge is 2.81. The molecule has 8 heterocycles. The van der Waals surface area contributed by atoms with Gasteiger partial charge in [-0.3, -0.25) is 0 Å². The predicted octanol–water partition coefficient (Wildman–Crippen LogP) is 5.55. The Kier molecular flexibility index (Phi) is 4.97. The molecule has 0 N–H and O–H groups in total. The largest absolute Gasteiger partial charge is 0.343 e. The lowest BCUT2D eigenvalue weighted by atomic mass is 9.46. The van der Waals surface area contributed by atoms with Crippen LogP contribution in [-0.4, -0.2) is 57.9 Å². The fourth-order valence-corrected chi connectivity index (χ4v) is 13.5. The summed E-state index contributed by atoms with van der Waals surface area (Å²) in [5, 5.41) is 0. The van der Waals surface area contributed by atoms with Gasteiger partial charge >= 0.3 is 0 Å². The topological polar surface area (TPSA) is 55.4 Å². The second kappa shape index (κ2) is 7.07. The van der Waals surface area contributed by atoms with Crippen LogP contribution in [0.2, 0.25) is 0 Å². The van der Waals surface area contributed by atoms with Crippen LogP contribution >= 0.6 is 18.5 Å². The van der Waals surface area contributed by atoms with Crippen molar-refractivity contribution in [2.45, 2.75) is 137 Å². The fourth-order valence-electron chi connectivity index (χ4n) is 11.3. The summed E-state index contributed by atoms with van der Waals surface area (Å²) < 4.78 is 40.8. The lowest BCUT2D eigenvalue weighted by Crippen LogP contribution is -2.85. The average molecular weight is 563 g/mol. The van der Waals surface area contributed by atoms with Gasteiger partial charge in [0, 0.05) is 25.7 Å². The maximum Gasteiger partial charge on any atom is 0.172 e. The van der Waals surface area contributed by atoms with Crippen molar-refractivity contribution in [3.05, 3.63) is 35.4 Å². The van der Waals surface area contributed by atoms with E-state index in [0.29, 0.717) is 25.7 Å². The molecule has 0 aliphatic carbocycles. The van der Waals surface area contributed by atoms with E-state index >= 15 is 0 Å². The van der Waals surface area contributed by atoms with Crippen LogP contribution < -0.4 is 0 Å². The molecule has 6 nitrogen and oxygen atoms in total. The van der Waals surface area contributed by atoms with Gasteiger partial charge in [0.15, 0.2) is 23.1 Å². The van der Waals surface area contributed by atoms with Crippen molar-refractivity contribution < 1.29 is 28.4 Å². The zero-order valence-corrected chi connectivity index (χ0v) is 26.5. The van der Waals surface area contributed by atoms with Crippen molar-refractivity contribution in [3.8, 4) is 0 Å². The summed E-state index contributed by atoms with van der Waals surface area (Å²) in [6.45, 7) is 17.4. The minimum absolute atomic E-state index is 0.442. The molecule has 8 fully saturated rings. The Bertz CT molecular complexity index is 1050. The van der Waals surface area contributed by atoms with E-state index in [1.165, 1.54) is 11.1 Å². The highest BCUT2D eigenvalue weighted by molar-refractivity contribution is 7.16. The average Bonchev–Trinajstić information content (AvgIpc) is 2.68. The Hall–Kier alpha value is -0.160. The molecule has 38 heavy (non-hydrogen) atoms. The molecule has 8 saturated heterocycles. The highest BCUT2D eigenvalue weighted by Crippen LogP contribution is 2.72. The third-order valence-corrected chi connectivity index (χ3v) is 12.6. The van der Waals surface area contributed by atoms with Gasteiger partial charge in [0.25, 0.3) is 0 Å². The Morgan fingerprint density at radius 1 is 0.500 bits per heavy atom. The monoisotopic (exact) mass is 562 g/mol. The second-order valence-corrected chi connectivity index (χ2v) is 15.4. The van der Waals surface area contributed by atoms with Gasteiger partial charge in [0.2, 0.25) is 0 Å². The summed E-state index contributed by atoms with van der Waals surface area (Å²) in [7, 11) is 6.13. The van der Waals surface area contributed by atoms with Crippen molar-refractivity contribution in [2.75, 3.05) is 12.3 Å². The van der Waals surface area contributed by atoms with E-state index < -0.39 is 56.4 Å². The van der Waals surface area contributed by atoms with Crippen LogP contribution in [0.1, 0.15) is 92.2 Å². The molecular formula is C30H44O6P2. The van der Waals surface area contributed by atoms with Gasteiger partial charge in [-0.2, -0.15) is 0 Å². The van der Waals surface area contributed by atoms with E-state index in [-0.39, 0.29) is 0 Å². The van der Waals surface area contributed by atoms with E-state index in [9.17, 15) is 0 Å². The van der Waals surface area contributed by atoms with Crippen LogP contribution in [0.3, 0.4) is 0 Å². The third kappa shape index (κ3) is 2.79. The standard InChI is InChI=1S/C30H44O6P2/c1-21-13-25(5)32-22(2,14-26(6,31-21)35-25)29(21,17-37)19-11-9-10-12-20(19)30(18-38)23(3)15-27(7)34-24(30,4)16-28(8,33-23)36-27/h9-12H,13-18,37-38H2,1-8H3. The Morgan fingerprint density at radius 3 is 1.00 bits per heavy atom. The van der Waals surface area contributed by atoms with Crippen LogP contribution in [0.15, 0.2) is 24.3 Å². The molecular weight excluding hydrogens is 518 g/mol. The van der Waals surface area contributed by atoms with Crippen LogP contribution in [-0.2, 0) is 39.3 Å². The normalized spacial score (nSPS) is 60.1. The van der Waals surface area contributed by atoms with Gasteiger partial charge in [-0.25, -0.2) is 0 Å². The number of hydrogen-bond acceptors (Lipinski definition) is 6. The molecule has 0 amide bonds. The van der Waals surface area contributed by atoms with E-state index in [4.69, 9.17) is 28.4 Å². The predicted molar refractivity (Wildman–Crippen MR) is 151 cm³/mol. The number of hydrogen-bond donors (Lipinski definition) is 0. The third-order valence-electron chi connectivity index (χ3n) is 11.3. The molecule has 0 spiro atoms. The number of ether oxygens (including phenoxy) is 6. The number of benzene rings is 1. The van der Waals surface area contributed by atoms with Gasteiger partial charge in [-0.1, -0.05) is 24.3 Å². The quantitative estimate of drug-likeness (QED) is 0.449. The zero-order valence-electron chi connectivity index (χ0n) is 24.2. The summed E-state index contributed by atoms with van der Waals surface area (Å²) in [5.74, 6) is -2.73. The molecule has 8 bridgehead atoms. The Labute approximate surface area is 231 Å². The van der Waals surface area contributed by atoms with Crippen molar-refractivity contribution in [3.63, 3.8) is 0 Å². The van der Waals surface area contributed by atoms with Gasteiger partial charge in [-0.05, 0) is 78.8 Å². The molecule has 10 unspecified atom stereocenters. The fraction of sp³-hybridized carbons (Fsp3) is 0.800. The summed E-state index contributed by atoms with van der Waals surface area (Å²) in [6.07, 6.45) is 4.23. The van der Waals surface area contributed by atoms with Crippen LogP contribution in [0.5, 0.6) is 0 Å². The molecule has 0 saturated carbocycles. The SMILES string of the molecule is CC12CC3(C)OC(C)(CC(C)(O1)C3(CP)c1ccccc1C1(CP)C3(C)CC4(C)OC(C)(CC1(C)O4)O3)O2. The summed E-state index contributed by atoms with van der Waals surface area (Å²) in [6, 6.07) is 8.97. The molecule has 0 radical (unpaired) electrons. The van der Waals surface area contributed by atoms with Crippen molar-refractivity contribution in [1.29, 1.82) is 0 Å². The summed E-state index contributed by atoms with van der Waals surface area (Å²) in [4.78, 5) is 0. The smallest absolute Gasteiger partial charge is 0.172 e. The molecule has 9 rings (SSSR count). The lowest BCUT2D eigenvalue weighted by molar-refractivity contribution is -0.534. The Morgan fingerprint density at radius 2 is 0.763 bits per heavy atom. The van der Waals surface area contributed by atoms with Gasteiger partial charge in [0.1, 0.15) is 0 Å². The van der Waals surface area contributed by atoms with Gasteiger partial charge in [-0.15, -0.1) is 18.5 Å². The second-order valence-electron chi connectivity index (χ2n) is 14.5. The minimum atomic E-state index is -0.682. The van der Waals surface area contributed by atoms with E-state index in [1.807, 2.05) is 0 Å². The summed E-state index contributed by atoms with van der Waals surface area (Å²) in [5.41, 5.74) is -0.358. The molecule has 1 aromatic carbocycles. The molecule has 210 valence electrons. The van der Waals surface area contributed by atoms with E-state index in [0.717, 1.165) is 12.3 Å². The summed E-state index contributed by atoms with van der Waals surface area (Å²) >= 11 is 0. The zero-order chi connectivity index (χ0) is 27.5. The van der Waals surface area contributed by atoms with Crippen LogP contribution in [0.25, 0.3) is 0 Å². The molecule has 8 heteroatoms. The molecule has 8 aliphatic rings.